The van der Waals surface area contributed by atoms with E-state index in [0.29, 0.717) is 55.2 Å². The van der Waals surface area contributed by atoms with E-state index in [1.165, 1.54) is 12.1 Å². The molecular formula is C37H40F3N5O2. The van der Waals surface area contributed by atoms with Crippen LogP contribution < -0.4 is 15.0 Å². The third-order valence-electron chi connectivity index (χ3n) is 11.7. The maximum absolute atomic E-state index is 17.0. The smallest absolute Gasteiger partial charge is 0.319 e. The van der Waals surface area contributed by atoms with Crippen LogP contribution in [0.25, 0.3) is 32.8 Å². The molecule has 0 spiro atoms. The number of ether oxygens (including phenoxy) is 1. The van der Waals surface area contributed by atoms with Crippen LogP contribution in [0.3, 0.4) is 0 Å². The second-order valence-electron chi connectivity index (χ2n) is 14.6. The molecule has 4 atom stereocenters. The minimum Gasteiger partial charge on any atom is -0.508 e. The Morgan fingerprint density at radius 1 is 1.00 bits per heavy atom. The molecule has 5 heterocycles. The number of aromatic nitrogens is 2. The molecule has 4 aromatic rings. The number of anilines is 1. The zero-order valence-corrected chi connectivity index (χ0v) is 26.5. The SMILES string of the molecule is Oc1cc(-c2c(F)cc3c(N4CC5CCC(C4)N5)nc(OCC[C@@]45CCCN4C[C@H](F)C5)nc3c2F)c2c(C3CCC3)cccc2c1. The maximum atomic E-state index is 17.0. The van der Waals surface area contributed by atoms with Gasteiger partial charge in [-0.3, -0.25) is 4.90 Å². The first-order valence-corrected chi connectivity index (χ1v) is 17.3. The number of hydrogen-bond donors (Lipinski definition) is 2. The molecule has 4 aliphatic heterocycles. The van der Waals surface area contributed by atoms with Crippen molar-refractivity contribution in [3.05, 3.63) is 53.6 Å². The quantitative estimate of drug-likeness (QED) is 0.225. The highest BCUT2D eigenvalue weighted by Gasteiger charge is 2.48. The molecule has 5 aliphatic rings. The number of rotatable bonds is 7. The van der Waals surface area contributed by atoms with E-state index >= 15 is 8.78 Å². The van der Waals surface area contributed by atoms with Crippen LogP contribution in [0.1, 0.15) is 69.3 Å². The van der Waals surface area contributed by atoms with Crippen LogP contribution in [-0.4, -0.2) is 76.6 Å². The Bertz CT molecular complexity index is 1870. The number of phenols is 1. The molecule has 4 saturated heterocycles. The number of benzene rings is 3. The van der Waals surface area contributed by atoms with Gasteiger partial charge in [0.2, 0.25) is 0 Å². The molecule has 7 nitrogen and oxygen atoms in total. The summed E-state index contributed by atoms with van der Waals surface area (Å²) in [6.45, 7) is 2.98. The maximum Gasteiger partial charge on any atom is 0.319 e. The van der Waals surface area contributed by atoms with Crippen molar-refractivity contribution < 1.29 is 23.0 Å². The summed E-state index contributed by atoms with van der Waals surface area (Å²) in [5, 5.41) is 16.2. The first-order chi connectivity index (χ1) is 22.8. The molecule has 1 saturated carbocycles. The highest BCUT2D eigenvalue weighted by Crippen LogP contribution is 2.46. The average Bonchev–Trinajstić information content (AvgIpc) is 3.66. The van der Waals surface area contributed by atoms with Crippen molar-refractivity contribution in [1.82, 2.24) is 20.2 Å². The van der Waals surface area contributed by atoms with Crippen LogP contribution in [0, 0.1) is 11.6 Å². The Hall–Kier alpha value is -3.63. The van der Waals surface area contributed by atoms with Crippen LogP contribution in [0.4, 0.5) is 19.0 Å². The van der Waals surface area contributed by atoms with Crippen LogP contribution in [0.2, 0.25) is 0 Å². The van der Waals surface area contributed by atoms with Crippen molar-refractivity contribution in [3.63, 3.8) is 0 Å². The molecule has 2 bridgehead atoms. The Morgan fingerprint density at radius 2 is 1.83 bits per heavy atom. The van der Waals surface area contributed by atoms with Gasteiger partial charge >= 0.3 is 6.01 Å². The van der Waals surface area contributed by atoms with Gasteiger partial charge in [0.1, 0.15) is 29.1 Å². The highest BCUT2D eigenvalue weighted by molar-refractivity contribution is 6.03. The van der Waals surface area contributed by atoms with Gasteiger partial charge in [-0.1, -0.05) is 24.6 Å². The standard InChI is InChI=1S/C37H40F3N5O2/c38-23-17-37(10-3-12-45(37)18-23)11-13-47-36-42-34-29(35(43-36)44-19-24-8-9-25(20-44)41-24)16-30(39)32(33(34)40)28-15-26(46)14-22-6-2-7-27(31(22)28)21-4-1-5-21/h2,6-7,14-16,21,23-25,41,46H,1,3-5,8-13,17-20H2/t23-,24?,25?,37-/m1/s1. The van der Waals surface area contributed by atoms with Gasteiger partial charge in [0.05, 0.1) is 12.2 Å². The molecule has 0 radical (unpaired) electrons. The molecule has 2 N–H and O–H groups in total. The van der Waals surface area contributed by atoms with Gasteiger partial charge in [0, 0.05) is 49.1 Å². The molecule has 5 fully saturated rings. The minimum absolute atomic E-state index is 0.00441. The summed E-state index contributed by atoms with van der Waals surface area (Å²) in [7, 11) is 0. The lowest BCUT2D eigenvalue weighted by atomic mass is 9.77. The van der Waals surface area contributed by atoms with E-state index in [-0.39, 0.29) is 47.1 Å². The monoisotopic (exact) mass is 643 g/mol. The summed E-state index contributed by atoms with van der Waals surface area (Å²) in [5.41, 5.74) is 0.947. The third kappa shape index (κ3) is 4.93. The van der Waals surface area contributed by atoms with E-state index in [9.17, 15) is 9.50 Å². The fourth-order valence-electron chi connectivity index (χ4n) is 9.32. The molecule has 246 valence electrons. The van der Waals surface area contributed by atoms with Crippen LogP contribution >= 0.6 is 0 Å². The number of halogens is 3. The molecule has 10 heteroatoms. The summed E-state index contributed by atoms with van der Waals surface area (Å²) in [6, 6.07) is 10.9. The summed E-state index contributed by atoms with van der Waals surface area (Å²) < 4.78 is 54.1. The van der Waals surface area contributed by atoms with E-state index in [1.807, 2.05) is 18.2 Å². The van der Waals surface area contributed by atoms with Crippen LogP contribution in [0.5, 0.6) is 11.8 Å². The second kappa shape index (κ2) is 11.2. The lowest BCUT2D eigenvalue weighted by molar-refractivity contribution is 0.146. The fourth-order valence-corrected chi connectivity index (χ4v) is 9.32. The number of nitrogens with one attached hydrogen (secondary N) is 1. The highest BCUT2D eigenvalue weighted by atomic mass is 19.1. The van der Waals surface area contributed by atoms with Crippen molar-refractivity contribution in [3.8, 4) is 22.9 Å². The zero-order valence-electron chi connectivity index (χ0n) is 26.5. The molecule has 1 aromatic heterocycles. The van der Waals surface area contributed by atoms with Gasteiger partial charge in [0.15, 0.2) is 5.82 Å². The number of alkyl halides is 1. The van der Waals surface area contributed by atoms with E-state index < -0.39 is 17.8 Å². The average molecular weight is 644 g/mol. The van der Waals surface area contributed by atoms with Gasteiger partial charge in [0.25, 0.3) is 0 Å². The van der Waals surface area contributed by atoms with Gasteiger partial charge in [-0.25, -0.2) is 13.2 Å². The zero-order chi connectivity index (χ0) is 31.9. The third-order valence-corrected chi connectivity index (χ3v) is 11.7. The van der Waals surface area contributed by atoms with Crippen molar-refractivity contribution in [1.29, 1.82) is 0 Å². The Morgan fingerprint density at radius 3 is 2.62 bits per heavy atom. The largest absolute Gasteiger partial charge is 0.508 e. The van der Waals surface area contributed by atoms with Crippen molar-refractivity contribution in [2.75, 3.05) is 37.7 Å². The Kier molecular flexibility index (Phi) is 7.05. The first kappa shape index (κ1) is 29.5. The molecular weight excluding hydrogens is 603 g/mol. The molecule has 47 heavy (non-hydrogen) atoms. The molecule has 3 aromatic carbocycles. The van der Waals surface area contributed by atoms with Gasteiger partial charge in [-0.2, -0.15) is 9.97 Å². The lowest BCUT2D eigenvalue weighted by Gasteiger charge is -2.34. The van der Waals surface area contributed by atoms with Gasteiger partial charge in [-0.15, -0.1) is 0 Å². The second-order valence-corrected chi connectivity index (χ2v) is 14.6. The molecule has 9 rings (SSSR count). The van der Waals surface area contributed by atoms with Gasteiger partial charge in [-0.05, 0) is 97.5 Å². The van der Waals surface area contributed by atoms with E-state index in [4.69, 9.17) is 9.72 Å². The molecule has 0 amide bonds. The number of piperazine rings is 1. The van der Waals surface area contributed by atoms with Crippen molar-refractivity contribution >= 4 is 27.5 Å². The first-order valence-electron chi connectivity index (χ1n) is 17.3. The van der Waals surface area contributed by atoms with Crippen LogP contribution in [0.15, 0.2) is 36.4 Å². The van der Waals surface area contributed by atoms with E-state index in [2.05, 4.69) is 20.1 Å². The number of aromatic hydroxyl groups is 1. The predicted octanol–water partition coefficient (Wildman–Crippen LogP) is 6.99. The number of fused-ring (bicyclic) bond motifs is 5. The van der Waals surface area contributed by atoms with Gasteiger partial charge < -0.3 is 20.1 Å². The Balaban J connectivity index is 1.16. The van der Waals surface area contributed by atoms with E-state index in [1.54, 1.807) is 6.07 Å². The lowest BCUT2D eigenvalue weighted by Crippen LogP contribution is -2.51. The summed E-state index contributed by atoms with van der Waals surface area (Å²) >= 11 is 0. The van der Waals surface area contributed by atoms with Crippen molar-refractivity contribution in [2.45, 2.75) is 87.5 Å². The molecule has 2 unspecified atom stereocenters. The number of phenolic OH excluding ortho intramolecular Hbond substituents is 1. The van der Waals surface area contributed by atoms with Crippen LogP contribution in [-0.2, 0) is 0 Å². The molecule has 1 aliphatic carbocycles. The fraction of sp³-hybridized carbons (Fsp3) is 0.514. The summed E-state index contributed by atoms with van der Waals surface area (Å²) in [6.07, 6.45) is 7.54. The minimum atomic E-state index is -0.831. The Labute approximate surface area is 272 Å². The van der Waals surface area contributed by atoms with E-state index in [0.717, 1.165) is 67.8 Å². The normalized spacial score (nSPS) is 27.6. The topological polar surface area (TPSA) is 73.8 Å². The number of hydrogen-bond acceptors (Lipinski definition) is 7. The van der Waals surface area contributed by atoms with Crippen molar-refractivity contribution in [2.24, 2.45) is 0 Å². The number of nitrogens with zero attached hydrogens (tertiary/aromatic N) is 4. The summed E-state index contributed by atoms with van der Waals surface area (Å²) in [5.74, 6) is -0.783. The summed E-state index contributed by atoms with van der Waals surface area (Å²) in [4.78, 5) is 13.7. The predicted molar refractivity (Wildman–Crippen MR) is 176 cm³/mol.